The molecule has 0 saturated heterocycles. The minimum Gasteiger partial charge on any atom is -0.461 e. The van der Waals surface area contributed by atoms with Crippen molar-refractivity contribution < 1.29 is 4.74 Å². The van der Waals surface area contributed by atoms with Crippen molar-refractivity contribution in [2.24, 2.45) is 0 Å². The Morgan fingerprint density at radius 1 is 0.408 bits per heavy atom. The maximum absolute atomic E-state index is 6.45. The highest BCUT2D eigenvalue weighted by Crippen LogP contribution is 2.48. The summed E-state index contributed by atoms with van der Waals surface area (Å²) in [6, 6.07) is 54.8. The molecule has 9 rings (SSSR count). The van der Waals surface area contributed by atoms with Crippen LogP contribution >= 0.6 is 0 Å². The van der Waals surface area contributed by atoms with Gasteiger partial charge >= 0.3 is 0 Å². The number of ether oxygens (including phenoxy) is 1. The standard InChI is InChI=1S/C45H31N3O/c1-4-10-30(11-5-1)31-16-18-32(19-17-31)33-20-22-34(23-21-33)37-24-26-39-40-28-38(25-27-41(40)49-42(39)29-37)45-47-43(35-12-6-2-7-13-35)46-44(48-45)36-14-8-3-9-15-36/h1-27,29,40H,28H2. The second-order valence-corrected chi connectivity index (χ2v) is 12.4. The summed E-state index contributed by atoms with van der Waals surface area (Å²) in [4.78, 5) is 14.8. The summed E-state index contributed by atoms with van der Waals surface area (Å²) in [5.41, 5.74) is 11.3. The van der Waals surface area contributed by atoms with E-state index >= 15 is 0 Å². The monoisotopic (exact) mass is 629 g/mol. The summed E-state index contributed by atoms with van der Waals surface area (Å²) < 4.78 is 6.45. The first-order valence-corrected chi connectivity index (χ1v) is 16.6. The lowest BCUT2D eigenvalue weighted by Gasteiger charge is -2.18. The van der Waals surface area contributed by atoms with Crippen molar-refractivity contribution in [3.8, 4) is 61.9 Å². The van der Waals surface area contributed by atoms with Gasteiger partial charge in [0.15, 0.2) is 17.5 Å². The lowest BCUT2D eigenvalue weighted by atomic mass is 9.87. The number of allylic oxidation sites excluding steroid dienone is 4. The van der Waals surface area contributed by atoms with Crippen molar-refractivity contribution in [1.82, 2.24) is 15.0 Å². The van der Waals surface area contributed by atoms with E-state index in [2.05, 4.69) is 103 Å². The predicted molar refractivity (Wildman–Crippen MR) is 197 cm³/mol. The number of fused-ring (bicyclic) bond motifs is 3. The molecule has 6 aromatic carbocycles. The fourth-order valence-corrected chi connectivity index (χ4v) is 6.73. The van der Waals surface area contributed by atoms with Gasteiger partial charge in [0, 0.05) is 22.6 Å². The van der Waals surface area contributed by atoms with Crippen LogP contribution in [0.4, 0.5) is 0 Å². The summed E-state index contributed by atoms with van der Waals surface area (Å²) in [5.74, 6) is 4.02. The number of aromatic nitrogens is 3. The van der Waals surface area contributed by atoms with Crippen molar-refractivity contribution in [1.29, 1.82) is 0 Å². The van der Waals surface area contributed by atoms with E-state index in [9.17, 15) is 0 Å². The van der Waals surface area contributed by atoms with E-state index in [0.29, 0.717) is 17.5 Å². The largest absolute Gasteiger partial charge is 0.461 e. The van der Waals surface area contributed by atoms with E-state index < -0.39 is 0 Å². The second kappa shape index (κ2) is 12.3. The molecule has 1 atom stereocenters. The van der Waals surface area contributed by atoms with Crippen molar-refractivity contribution in [2.75, 3.05) is 0 Å². The highest BCUT2D eigenvalue weighted by atomic mass is 16.5. The molecular weight excluding hydrogens is 599 g/mol. The van der Waals surface area contributed by atoms with Gasteiger partial charge in [0.1, 0.15) is 11.5 Å². The molecule has 0 N–H and O–H groups in total. The van der Waals surface area contributed by atoms with Gasteiger partial charge in [-0.2, -0.15) is 0 Å². The van der Waals surface area contributed by atoms with Gasteiger partial charge in [-0.1, -0.05) is 158 Å². The Morgan fingerprint density at radius 2 is 0.837 bits per heavy atom. The molecule has 232 valence electrons. The maximum atomic E-state index is 6.45. The molecule has 4 nitrogen and oxygen atoms in total. The van der Waals surface area contributed by atoms with Gasteiger partial charge in [-0.05, 0) is 57.5 Å². The number of hydrogen-bond donors (Lipinski definition) is 0. The molecule has 4 heteroatoms. The van der Waals surface area contributed by atoms with E-state index in [4.69, 9.17) is 19.7 Å². The van der Waals surface area contributed by atoms with Crippen LogP contribution < -0.4 is 4.74 Å². The Balaban J connectivity index is 0.965. The van der Waals surface area contributed by atoms with Gasteiger partial charge in [-0.25, -0.2) is 15.0 Å². The SMILES string of the molecule is C1=C(c2nc(-c3ccccc3)nc(-c3ccccc3)n2)CC2C(=C1)Oc1cc(-c3ccc(-c4ccc(-c5ccccc5)cc4)cc3)ccc12. The van der Waals surface area contributed by atoms with Gasteiger partial charge in [-0.15, -0.1) is 0 Å². The van der Waals surface area contributed by atoms with Crippen LogP contribution in [0, 0.1) is 0 Å². The smallest absolute Gasteiger partial charge is 0.164 e. The summed E-state index contributed by atoms with van der Waals surface area (Å²) in [6.07, 6.45) is 4.93. The fraction of sp³-hybridized carbons (Fsp3) is 0.0444. The lowest BCUT2D eigenvalue weighted by molar-refractivity contribution is 0.426. The average molecular weight is 630 g/mol. The molecule has 0 amide bonds. The van der Waals surface area contributed by atoms with E-state index in [1.165, 1.54) is 27.8 Å². The Hall–Kier alpha value is -6.39. The zero-order chi connectivity index (χ0) is 32.6. The first kappa shape index (κ1) is 28.8. The molecule has 1 aromatic heterocycles. The first-order chi connectivity index (χ1) is 24.2. The zero-order valence-electron chi connectivity index (χ0n) is 26.7. The normalized spacial score (nSPS) is 14.7. The quantitative estimate of drug-likeness (QED) is 0.184. The van der Waals surface area contributed by atoms with Crippen LogP contribution in [0.5, 0.6) is 5.75 Å². The van der Waals surface area contributed by atoms with Gasteiger partial charge in [0.2, 0.25) is 0 Å². The molecule has 0 bridgehead atoms. The van der Waals surface area contributed by atoms with E-state index in [1.807, 2.05) is 66.7 Å². The third kappa shape index (κ3) is 5.64. The number of hydrogen-bond acceptors (Lipinski definition) is 4. The minimum atomic E-state index is 0.113. The van der Waals surface area contributed by atoms with Crippen molar-refractivity contribution >= 4 is 5.57 Å². The van der Waals surface area contributed by atoms with Crippen molar-refractivity contribution in [2.45, 2.75) is 12.3 Å². The lowest BCUT2D eigenvalue weighted by Crippen LogP contribution is -2.08. The molecule has 2 heterocycles. The number of benzene rings is 6. The van der Waals surface area contributed by atoms with Crippen LogP contribution in [0.2, 0.25) is 0 Å². The highest BCUT2D eigenvalue weighted by molar-refractivity contribution is 5.76. The summed E-state index contributed by atoms with van der Waals surface area (Å²) in [5, 5.41) is 0. The fourth-order valence-electron chi connectivity index (χ4n) is 6.73. The molecule has 0 saturated carbocycles. The van der Waals surface area contributed by atoms with Gasteiger partial charge < -0.3 is 4.74 Å². The van der Waals surface area contributed by atoms with Crippen LogP contribution in [0.1, 0.15) is 23.7 Å². The van der Waals surface area contributed by atoms with Crippen LogP contribution in [0.3, 0.4) is 0 Å². The molecule has 2 aliphatic rings. The molecule has 0 spiro atoms. The maximum Gasteiger partial charge on any atom is 0.164 e. The average Bonchev–Trinajstić information content (AvgIpc) is 3.56. The predicted octanol–water partition coefficient (Wildman–Crippen LogP) is 11.1. The Morgan fingerprint density at radius 3 is 1.37 bits per heavy atom. The van der Waals surface area contributed by atoms with Crippen LogP contribution in [0.15, 0.2) is 176 Å². The van der Waals surface area contributed by atoms with Crippen LogP contribution in [-0.4, -0.2) is 15.0 Å². The molecule has 0 fully saturated rings. The molecule has 49 heavy (non-hydrogen) atoms. The molecular formula is C45H31N3O. The van der Waals surface area contributed by atoms with E-state index in [-0.39, 0.29) is 5.92 Å². The molecule has 1 aliphatic heterocycles. The van der Waals surface area contributed by atoms with Gasteiger partial charge in [0.25, 0.3) is 0 Å². The third-order valence-electron chi connectivity index (χ3n) is 9.36. The van der Waals surface area contributed by atoms with E-state index in [0.717, 1.165) is 45.8 Å². The molecule has 1 unspecified atom stereocenters. The molecule has 7 aromatic rings. The third-order valence-corrected chi connectivity index (χ3v) is 9.36. The number of nitrogens with zero attached hydrogens (tertiary/aromatic N) is 3. The minimum absolute atomic E-state index is 0.113. The molecule has 1 aliphatic carbocycles. The Labute approximate surface area is 285 Å². The summed E-state index contributed by atoms with van der Waals surface area (Å²) >= 11 is 0. The van der Waals surface area contributed by atoms with Gasteiger partial charge in [0.05, 0.1) is 0 Å². The van der Waals surface area contributed by atoms with Crippen LogP contribution in [0.25, 0.3) is 61.7 Å². The van der Waals surface area contributed by atoms with E-state index in [1.54, 1.807) is 0 Å². The summed E-state index contributed by atoms with van der Waals surface area (Å²) in [6.45, 7) is 0. The summed E-state index contributed by atoms with van der Waals surface area (Å²) in [7, 11) is 0. The number of rotatable bonds is 6. The first-order valence-electron chi connectivity index (χ1n) is 16.6. The second-order valence-electron chi connectivity index (χ2n) is 12.4. The zero-order valence-corrected chi connectivity index (χ0v) is 26.7. The van der Waals surface area contributed by atoms with Crippen LogP contribution in [-0.2, 0) is 0 Å². The van der Waals surface area contributed by atoms with Gasteiger partial charge in [-0.3, -0.25) is 0 Å². The Kier molecular flexibility index (Phi) is 7.25. The highest BCUT2D eigenvalue weighted by Gasteiger charge is 2.33. The Bertz CT molecular complexity index is 2290. The van der Waals surface area contributed by atoms with Crippen molar-refractivity contribution in [3.63, 3.8) is 0 Å². The van der Waals surface area contributed by atoms with Crippen molar-refractivity contribution in [3.05, 3.63) is 187 Å². The topological polar surface area (TPSA) is 47.9 Å². The molecule has 0 radical (unpaired) electrons.